The van der Waals surface area contributed by atoms with Gasteiger partial charge in [-0.2, -0.15) is 0 Å². The summed E-state index contributed by atoms with van der Waals surface area (Å²) >= 11 is 0. The summed E-state index contributed by atoms with van der Waals surface area (Å²) in [6.07, 6.45) is 5.81. The third kappa shape index (κ3) is 2.41. The van der Waals surface area contributed by atoms with E-state index >= 15 is 0 Å². The average Bonchev–Trinajstić information content (AvgIpc) is 2.94. The Balaban J connectivity index is 1.53. The van der Waals surface area contributed by atoms with Crippen molar-refractivity contribution in [1.82, 2.24) is 4.90 Å². The fraction of sp³-hybridized carbons (Fsp3) is 0.923. The minimum absolute atomic E-state index is 0.277. The predicted molar refractivity (Wildman–Crippen MR) is 67.8 cm³/mol. The van der Waals surface area contributed by atoms with Crippen LogP contribution in [-0.4, -0.2) is 42.7 Å². The number of morpholine rings is 1. The van der Waals surface area contributed by atoms with Gasteiger partial charge in [-0.05, 0) is 25.2 Å². The van der Waals surface area contributed by atoms with Crippen LogP contribution in [0.3, 0.4) is 0 Å². The van der Waals surface area contributed by atoms with Crippen LogP contribution in [0, 0.1) is 11.8 Å². The molecule has 96 valence electrons. The summed E-state index contributed by atoms with van der Waals surface area (Å²) in [5.74, 6) is 2.55. The highest BCUT2D eigenvalue weighted by atomic mass is 16.5. The second-order valence-electron chi connectivity index (χ2n) is 5.77. The Hall–Kier alpha value is -0.770. The van der Waals surface area contributed by atoms with Gasteiger partial charge in [-0.15, -0.1) is 0 Å². The first kappa shape index (κ1) is 11.3. The summed E-state index contributed by atoms with van der Waals surface area (Å²) in [5.41, 5.74) is 6.09. The third-order valence-electron chi connectivity index (χ3n) is 4.42. The SMILES string of the molecule is CC1CN(C(N)=N[C@@H]2C[C@H]2C2CCC2)CCO1. The maximum Gasteiger partial charge on any atom is 0.191 e. The van der Waals surface area contributed by atoms with Crippen LogP contribution < -0.4 is 5.73 Å². The van der Waals surface area contributed by atoms with Gasteiger partial charge in [0, 0.05) is 13.1 Å². The lowest BCUT2D eigenvalue weighted by molar-refractivity contribution is 0.00526. The van der Waals surface area contributed by atoms with E-state index in [0.29, 0.717) is 6.04 Å². The van der Waals surface area contributed by atoms with Crippen LogP contribution in [0.25, 0.3) is 0 Å². The molecule has 3 fully saturated rings. The van der Waals surface area contributed by atoms with Gasteiger partial charge in [0.1, 0.15) is 0 Å². The maximum atomic E-state index is 6.09. The Labute approximate surface area is 103 Å². The molecular weight excluding hydrogens is 214 g/mol. The van der Waals surface area contributed by atoms with Gasteiger partial charge in [0.15, 0.2) is 5.96 Å². The fourth-order valence-electron chi connectivity index (χ4n) is 3.00. The largest absolute Gasteiger partial charge is 0.375 e. The Morgan fingerprint density at radius 3 is 2.88 bits per heavy atom. The molecule has 1 saturated heterocycles. The lowest BCUT2D eigenvalue weighted by Crippen LogP contribution is -2.48. The van der Waals surface area contributed by atoms with Gasteiger partial charge in [0.2, 0.25) is 0 Å². The minimum atomic E-state index is 0.277. The number of nitrogens with two attached hydrogens (primary N) is 1. The van der Waals surface area contributed by atoms with Crippen molar-refractivity contribution in [3.63, 3.8) is 0 Å². The second-order valence-corrected chi connectivity index (χ2v) is 5.77. The minimum Gasteiger partial charge on any atom is -0.375 e. The van der Waals surface area contributed by atoms with Crippen LogP contribution in [0.1, 0.15) is 32.6 Å². The lowest BCUT2D eigenvalue weighted by atomic mass is 9.81. The van der Waals surface area contributed by atoms with Gasteiger partial charge in [0.25, 0.3) is 0 Å². The van der Waals surface area contributed by atoms with E-state index in [1.807, 2.05) is 0 Å². The van der Waals surface area contributed by atoms with Crippen LogP contribution in [0.5, 0.6) is 0 Å². The molecule has 0 bridgehead atoms. The third-order valence-corrected chi connectivity index (χ3v) is 4.42. The molecule has 2 saturated carbocycles. The average molecular weight is 237 g/mol. The van der Waals surface area contributed by atoms with E-state index in [1.165, 1.54) is 25.7 Å². The van der Waals surface area contributed by atoms with Crippen LogP contribution in [0.4, 0.5) is 0 Å². The molecule has 1 unspecified atom stereocenters. The molecule has 3 rings (SSSR count). The van der Waals surface area contributed by atoms with Gasteiger partial charge in [-0.25, -0.2) is 4.99 Å². The Morgan fingerprint density at radius 1 is 1.41 bits per heavy atom. The van der Waals surface area contributed by atoms with Crippen molar-refractivity contribution in [2.75, 3.05) is 19.7 Å². The van der Waals surface area contributed by atoms with Crippen LogP contribution in [0.15, 0.2) is 4.99 Å². The molecule has 1 aliphatic heterocycles. The van der Waals surface area contributed by atoms with Gasteiger partial charge in [-0.3, -0.25) is 0 Å². The first-order chi connectivity index (χ1) is 8.24. The van der Waals surface area contributed by atoms with Crippen LogP contribution in [-0.2, 0) is 4.74 Å². The number of guanidine groups is 1. The molecule has 0 radical (unpaired) electrons. The quantitative estimate of drug-likeness (QED) is 0.580. The molecule has 0 aromatic rings. The highest BCUT2D eigenvalue weighted by Gasteiger charge is 2.45. The number of rotatable bonds is 2. The zero-order valence-corrected chi connectivity index (χ0v) is 10.6. The van der Waals surface area contributed by atoms with E-state index in [1.54, 1.807) is 0 Å². The van der Waals surface area contributed by atoms with Crippen molar-refractivity contribution in [2.45, 2.75) is 44.8 Å². The number of ether oxygens (including phenoxy) is 1. The molecule has 17 heavy (non-hydrogen) atoms. The highest BCUT2D eigenvalue weighted by molar-refractivity contribution is 5.78. The number of nitrogens with zero attached hydrogens (tertiary/aromatic N) is 2. The summed E-state index contributed by atoms with van der Waals surface area (Å²) in [6, 6.07) is 0.526. The predicted octanol–water partition coefficient (Wildman–Crippen LogP) is 1.21. The lowest BCUT2D eigenvalue weighted by Gasteiger charge is -2.32. The van der Waals surface area contributed by atoms with Gasteiger partial charge < -0.3 is 15.4 Å². The molecule has 0 aromatic heterocycles. The Bertz CT molecular complexity index is 314. The molecule has 2 N–H and O–H groups in total. The number of hydrogen-bond donors (Lipinski definition) is 1. The van der Waals surface area contributed by atoms with Crippen molar-refractivity contribution < 1.29 is 4.74 Å². The molecule has 0 amide bonds. The monoisotopic (exact) mass is 237 g/mol. The molecule has 1 heterocycles. The number of hydrogen-bond acceptors (Lipinski definition) is 2. The fourth-order valence-corrected chi connectivity index (χ4v) is 3.00. The first-order valence-corrected chi connectivity index (χ1v) is 6.94. The van der Waals surface area contributed by atoms with Gasteiger partial charge >= 0.3 is 0 Å². The zero-order chi connectivity index (χ0) is 11.8. The van der Waals surface area contributed by atoms with Gasteiger partial charge in [-0.1, -0.05) is 19.3 Å². The molecule has 2 aliphatic carbocycles. The maximum absolute atomic E-state index is 6.09. The Kier molecular flexibility index (Phi) is 2.99. The summed E-state index contributed by atoms with van der Waals surface area (Å²) in [6.45, 7) is 4.64. The van der Waals surface area contributed by atoms with E-state index in [0.717, 1.165) is 37.5 Å². The summed E-state index contributed by atoms with van der Waals surface area (Å²) in [7, 11) is 0. The van der Waals surface area contributed by atoms with E-state index in [4.69, 9.17) is 15.5 Å². The summed E-state index contributed by atoms with van der Waals surface area (Å²) in [4.78, 5) is 6.87. The van der Waals surface area contributed by atoms with E-state index in [-0.39, 0.29) is 6.10 Å². The van der Waals surface area contributed by atoms with Crippen molar-refractivity contribution in [1.29, 1.82) is 0 Å². The van der Waals surface area contributed by atoms with E-state index < -0.39 is 0 Å². The molecule has 3 atom stereocenters. The van der Waals surface area contributed by atoms with Crippen molar-refractivity contribution >= 4 is 5.96 Å². The van der Waals surface area contributed by atoms with E-state index in [9.17, 15) is 0 Å². The smallest absolute Gasteiger partial charge is 0.191 e. The first-order valence-electron chi connectivity index (χ1n) is 6.94. The molecule has 3 aliphatic rings. The van der Waals surface area contributed by atoms with Crippen LogP contribution >= 0.6 is 0 Å². The van der Waals surface area contributed by atoms with Crippen molar-refractivity contribution in [3.8, 4) is 0 Å². The normalized spacial score (nSPS) is 39.0. The summed E-state index contributed by atoms with van der Waals surface area (Å²) < 4.78 is 5.51. The molecule has 0 aromatic carbocycles. The standard InChI is InChI=1S/C13H23N3O/c1-9-8-16(5-6-17-9)13(14)15-12-7-11(12)10-3-2-4-10/h9-12H,2-8H2,1H3,(H2,14,15)/t9?,11-,12+/m0/s1. The highest BCUT2D eigenvalue weighted by Crippen LogP contribution is 2.48. The number of aliphatic imine (C=N–C) groups is 1. The summed E-state index contributed by atoms with van der Waals surface area (Å²) in [5, 5.41) is 0. The zero-order valence-electron chi connectivity index (χ0n) is 10.6. The molecular formula is C13H23N3O. The van der Waals surface area contributed by atoms with Crippen molar-refractivity contribution in [2.24, 2.45) is 22.6 Å². The van der Waals surface area contributed by atoms with Crippen molar-refractivity contribution in [3.05, 3.63) is 0 Å². The topological polar surface area (TPSA) is 50.8 Å². The Morgan fingerprint density at radius 2 is 2.24 bits per heavy atom. The van der Waals surface area contributed by atoms with E-state index in [2.05, 4.69) is 11.8 Å². The molecule has 0 spiro atoms. The molecule has 4 heteroatoms. The molecule has 4 nitrogen and oxygen atoms in total. The van der Waals surface area contributed by atoms with Crippen LogP contribution in [0.2, 0.25) is 0 Å². The second kappa shape index (κ2) is 4.48. The van der Waals surface area contributed by atoms with Gasteiger partial charge in [0.05, 0.1) is 18.8 Å².